The molecule has 0 spiro atoms. The summed E-state index contributed by atoms with van der Waals surface area (Å²) in [6.45, 7) is 0.871. The summed E-state index contributed by atoms with van der Waals surface area (Å²) in [7, 11) is 3.09. The third-order valence-electron chi connectivity index (χ3n) is 8.29. The van der Waals surface area contributed by atoms with Crippen LogP contribution in [0.3, 0.4) is 0 Å². The zero-order chi connectivity index (χ0) is 32.0. The number of aryl methyl sites for hydroxylation is 1. The number of rotatable bonds is 4. The molecule has 12 heteroatoms. The summed E-state index contributed by atoms with van der Waals surface area (Å²) in [4.78, 5) is 41.1. The number of hydrogen-bond donors (Lipinski definition) is 2. The summed E-state index contributed by atoms with van der Waals surface area (Å²) in [5.41, 5.74) is 2.48. The average molecular weight is 632 g/mol. The Kier molecular flexibility index (Phi) is 9.32. The molecule has 0 aromatic heterocycles. The average Bonchev–Trinajstić information content (AvgIpc) is 3.54. The largest absolute Gasteiger partial charge is 0.496 e. The molecule has 0 radical (unpaired) electrons. The molecule has 3 aromatic carbocycles. The van der Waals surface area contributed by atoms with Crippen molar-refractivity contribution in [1.82, 2.24) is 15.5 Å². The van der Waals surface area contributed by atoms with E-state index in [1.165, 1.54) is 7.11 Å². The van der Waals surface area contributed by atoms with Crippen LogP contribution in [0.25, 0.3) is 0 Å². The van der Waals surface area contributed by atoms with E-state index < -0.39 is 12.1 Å². The normalized spacial score (nSPS) is 19.7. The van der Waals surface area contributed by atoms with E-state index in [2.05, 4.69) is 10.6 Å². The number of hydrogen-bond acceptors (Lipinski definition) is 9. The van der Waals surface area contributed by atoms with Gasteiger partial charge in [0.25, 0.3) is 5.91 Å². The van der Waals surface area contributed by atoms with Gasteiger partial charge in [0.05, 0.1) is 26.7 Å². The van der Waals surface area contributed by atoms with Crippen LogP contribution in [0.1, 0.15) is 29.5 Å². The first-order valence-corrected chi connectivity index (χ1v) is 15.2. The number of carbonyl (C=O) groups excluding carboxylic acids is 3. The molecule has 1 saturated heterocycles. The van der Waals surface area contributed by atoms with Crippen molar-refractivity contribution < 1.29 is 42.8 Å². The first kappa shape index (κ1) is 30.9. The quantitative estimate of drug-likeness (QED) is 0.446. The lowest BCUT2D eigenvalue weighted by Crippen LogP contribution is -2.58. The third kappa shape index (κ3) is 7.22. The van der Waals surface area contributed by atoms with Crippen molar-refractivity contribution >= 4 is 17.7 Å². The van der Waals surface area contributed by atoms with E-state index in [-0.39, 0.29) is 50.5 Å². The van der Waals surface area contributed by atoms with Gasteiger partial charge in [0.15, 0.2) is 29.6 Å². The summed E-state index contributed by atoms with van der Waals surface area (Å²) in [5.74, 6) is 2.70. The monoisotopic (exact) mass is 631 g/mol. The maximum Gasteiger partial charge on any atom is 0.258 e. The molecule has 4 aliphatic rings. The van der Waals surface area contributed by atoms with E-state index in [0.717, 1.165) is 16.7 Å². The van der Waals surface area contributed by atoms with E-state index in [1.54, 1.807) is 36.3 Å². The Morgan fingerprint density at radius 2 is 1.74 bits per heavy atom. The van der Waals surface area contributed by atoms with Crippen molar-refractivity contribution in [3.05, 3.63) is 71.3 Å². The zero-order valence-corrected chi connectivity index (χ0v) is 25.8. The van der Waals surface area contributed by atoms with Gasteiger partial charge in [-0.15, -0.1) is 0 Å². The van der Waals surface area contributed by atoms with Crippen LogP contribution in [0.5, 0.6) is 34.5 Å². The first-order valence-electron chi connectivity index (χ1n) is 15.2. The van der Waals surface area contributed by atoms with Crippen LogP contribution >= 0.6 is 0 Å². The molecule has 0 unspecified atom stereocenters. The SMILES string of the molecule is COc1cc2ccc1CNC(=O)CCc1ccc(OC)c(c1)OCC(=O)N[C@@H]1CN(C(=O)Cc3ccc4c(c3)OCO4)CC[C@@H]1O2. The number of nitrogens with one attached hydrogen (secondary N) is 2. The second-order valence-corrected chi connectivity index (χ2v) is 11.3. The number of methoxy groups -OCH3 is 2. The molecule has 4 heterocycles. The summed E-state index contributed by atoms with van der Waals surface area (Å²) in [6.07, 6.45) is 0.964. The van der Waals surface area contributed by atoms with E-state index in [9.17, 15) is 14.4 Å². The molecule has 46 heavy (non-hydrogen) atoms. The minimum atomic E-state index is -0.522. The third-order valence-corrected chi connectivity index (χ3v) is 8.29. The van der Waals surface area contributed by atoms with Gasteiger partial charge in [-0.05, 0) is 53.9 Å². The Labute approximate surface area is 266 Å². The number of likely N-dealkylation sites (tertiary alicyclic amines) is 1. The van der Waals surface area contributed by atoms with Gasteiger partial charge in [-0.25, -0.2) is 0 Å². The highest BCUT2D eigenvalue weighted by Gasteiger charge is 2.34. The van der Waals surface area contributed by atoms with Crippen molar-refractivity contribution in [2.75, 3.05) is 40.7 Å². The highest BCUT2D eigenvalue weighted by molar-refractivity contribution is 5.80. The van der Waals surface area contributed by atoms with Crippen LogP contribution in [0.15, 0.2) is 54.6 Å². The van der Waals surface area contributed by atoms with Crippen molar-refractivity contribution in [2.45, 2.75) is 44.4 Å². The molecule has 0 saturated carbocycles. The van der Waals surface area contributed by atoms with E-state index in [1.807, 2.05) is 30.3 Å². The fourth-order valence-electron chi connectivity index (χ4n) is 5.81. The number of nitrogens with zero attached hydrogens (tertiary/aromatic N) is 1. The van der Waals surface area contributed by atoms with Crippen LogP contribution in [0.2, 0.25) is 0 Å². The van der Waals surface area contributed by atoms with E-state index in [4.69, 9.17) is 28.4 Å². The van der Waals surface area contributed by atoms with Gasteiger partial charge in [0.1, 0.15) is 17.6 Å². The van der Waals surface area contributed by atoms with Gasteiger partial charge in [0, 0.05) is 44.1 Å². The van der Waals surface area contributed by atoms with Gasteiger partial charge in [-0.2, -0.15) is 0 Å². The van der Waals surface area contributed by atoms with Crippen LogP contribution in [0, 0.1) is 0 Å². The molecule has 12 nitrogen and oxygen atoms in total. The van der Waals surface area contributed by atoms with Gasteiger partial charge >= 0.3 is 0 Å². The fourth-order valence-corrected chi connectivity index (χ4v) is 5.81. The molecule has 242 valence electrons. The fraction of sp³-hybridized carbons (Fsp3) is 0.382. The van der Waals surface area contributed by atoms with Crippen LogP contribution in [0.4, 0.5) is 0 Å². The lowest BCUT2D eigenvalue weighted by atomic mass is 10.00. The Hall–Kier alpha value is -5.13. The predicted octanol–water partition coefficient (Wildman–Crippen LogP) is 2.78. The highest BCUT2D eigenvalue weighted by Crippen LogP contribution is 2.33. The van der Waals surface area contributed by atoms with Crippen LogP contribution in [-0.4, -0.2) is 75.5 Å². The molecule has 2 atom stereocenters. The van der Waals surface area contributed by atoms with Crippen molar-refractivity contribution in [3.63, 3.8) is 0 Å². The second-order valence-electron chi connectivity index (χ2n) is 11.3. The lowest BCUT2D eigenvalue weighted by molar-refractivity contribution is -0.135. The van der Waals surface area contributed by atoms with Crippen LogP contribution in [-0.2, 0) is 33.8 Å². The number of benzene rings is 3. The maximum absolute atomic E-state index is 13.4. The van der Waals surface area contributed by atoms with Gasteiger partial charge in [0.2, 0.25) is 18.6 Å². The Morgan fingerprint density at radius 3 is 2.59 bits per heavy atom. The van der Waals surface area contributed by atoms with Crippen molar-refractivity contribution in [2.24, 2.45) is 0 Å². The van der Waals surface area contributed by atoms with E-state index >= 15 is 0 Å². The van der Waals surface area contributed by atoms with Crippen molar-refractivity contribution in [1.29, 1.82) is 0 Å². The smallest absolute Gasteiger partial charge is 0.258 e. The number of carbonyl (C=O) groups is 3. The molecule has 0 aliphatic carbocycles. The number of ether oxygens (including phenoxy) is 6. The van der Waals surface area contributed by atoms with Gasteiger partial charge in [-0.1, -0.05) is 12.1 Å². The lowest BCUT2D eigenvalue weighted by Gasteiger charge is -2.39. The number of fused-ring (bicyclic) bond motifs is 10. The first-order chi connectivity index (χ1) is 22.4. The molecule has 3 aromatic rings. The zero-order valence-electron chi connectivity index (χ0n) is 25.8. The Bertz CT molecular complexity index is 1610. The predicted molar refractivity (Wildman–Crippen MR) is 165 cm³/mol. The molecule has 4 aliphatic heterocycles. The highest BCUT2D eigenvalue weighted by atomic mass is 16.7. The van der Waals surface area contributed by atoms with Gasteiger partial charge in [-0.3, -0.25) is 14.4 Å². The topological polar surface area (TPSA) is 134 Å². The van der Waals surface area contributed by atoms with Crippen molar-refractivity contribution in [3.8, 4) is 34.5 Å². The molecule has 4 bridgehead atoms. The molecular formula is C34H37N3O9. The minimum absolute atomic E-state index is 0.0760. The standard InChI is InChI=1S/C34H37N3O9/c1-41-27-8-3-21-5-10-32(38)35-17-23-6-7-24(16-29(23)42-2)46-26-11-12-37(18-25(26)36-33(39)19-43-30(27)13-21)34(40)15-22-4-9-28-31(14-22)45-20-44-28/h3-4,6-9,13-14,16,25-26H,5,10-12,15,17-20H2,1-2H3,(H,35,38)(H,36,39)/t25-,26+/m1/s1. The number of amides is 3. The van der Waals surface area contributed by atoms with E-state index in [0.29, 0.717) is 60.4 Å². The van der Waals surface area contributed by atoms with Gasteiger partial charge < -0.3 is 44.0 Å². The minimum Gasteiger partial charge on any atom is -0.496 e. The summed E-state index contributed by atoms with van der Waals surface area (Å²) >= 11 is 0. The Balaban J connectivity index is 1.23. The molecule has 1 fully saturated rings. The summed E-state index contributed by atoms with van der Waals surface area (Å²) in [6, 6.07) is 15.8. The molecular weight excluding hydrogens is 594 g/mol. The second kappa shape index (κ2) is 13.9. The number of piperidine rings is 1. The summed E-state index contributed by atoms with van der Waals surface area (Å²) in [5, 5.41) is 5.99. The summed E-state index contributed by atoms with van der Waals surface area (Å²) < 4.78 is 34.2. The molecule has 2 N–H and O–H groups in total. The maximum atomic E-state index is 13.4. The van der Waals surface area contributed by atoms with Crippen LogP contribution < -0.4 is 39.1 Å². The molecule has 7 rings (SSSR count). The Morgan fingerprint density at radius 1 is 0.891 bits per heavy atom. The molecule has 3 amide bonds.